The summed E-state index contributed by atoms with van der Waals surface area (Å²) < 4.78 is 12.3. The van der Waals surface area contributed by atoms with Gasteiger partial charge in [-0.25, -0.2) is 0 Å². The maximum atomic E-state index is 6.19. The molecular formula is C31H20O2. The van der Waals surface area contributed by atoms with E-state index in [1.165, 1.54) is 27.8 Å². The molecule has 7 aromatic rings. The van der Waals surface area contributed by atoms with E-state index in [0.717, 1.165) is 43.9 Å². The van der Waals surface area contributed by atoms with Crippen LogP contribution in [0.15, 0.2) is 112 Å². The van der Waals surface area contributed by atoms with Gasteiger partial charge >= 0.3 is 0 Å². The molecule has 0 unspecified atom stereocenters. The third-order valence-corrected chi connectivity index (χ3v) is 6.54. The predicted molar refractivity (Wildman–Crippen MR) is 137 cm³/mol. The average molecular weight is 424 g/mol. The van der Waals surface area contributed by atoms with E-state index in [4.69, 9.17) is 8.83 Å². The highest BCUT2D eigenvalue weighted by Gasteiger charge is 2.14. The minimum Gasteiger partial charge on any atom is -0.456 e. The topological polar surface area (TPSA) is 26.3 Å². The number of hydrogen-bond donors (Lipinski definition) is 0. The zero-order valence-corrected chi connectivity index (χ0v) is 18.1. The van der Waals surface area contributed by atoms with Crippen LogP contribution in [-0.2, 0) is 0 Å². The summed E-state index contributed by atoms with van der Waals surface area (Å²) in [7, 11) is 0. The summed E-state index contributed by atoms with van der Waals surface area (Å²) in [5, 5.41) is 4.51. The molecule has 2 heteroatoms. The Morgan fingerprint density at radius 2 is 0.909 bits per heavy atom. The molecule has 0 radical (unpaired) electrons. The molecule has 0 saturated carbocycles. The van der Waals surface area contributed by atoms with Crippen LogP contribution in [0.3, 0.4) is 0 Å². The fourth-order valence-electron chi connectivity index (χ4n) is 4.83. The molecular weight excluding hydrogens is 404 g/mol. The van der Waals surface area contributed by atoms with E-state index in [0.29, 0.717) is 0 Å². The minimum atomic E-state index is 0.852. The number of aryl methyl sites for hydroxylation is 1. The van der Waals surface area contributed by atoms with E-state index < -0.39 is 0 Å². The smallest absolute Gasteiger partial charge is 0.139 e. The molecule has 0 aliphatic carbocycles. The summed E-state index contributed by atoms with van der Waals surface area (Å²) in [6.45, 7) is 2.11. The van der Waals surface area contributed by atoms with E-state index >= 15 is 0 Å². The molecule has 0 saturated heterocycles. The van der Waals surface area contributed by atoms with Gasteiger partial charge in [0, 0.05) is 27.6 Å². The summed E-state index contributed by atoms with van der Waals surface area (Å²) in [5.74, 6) is 0. The Balaban J connectivity index is 1.38. The molecule has 0 atom stereocenters. The van der Waals surface area contributed by atoms with Crippen LogP contribution in [0.2, 0.25) is 0 Å². The van der Waals surface area contributed by atoms with Crippen LogP contribution >= 0.6 is 0 Å². The van der Waals surface area contributed by atoms with E-state index in [1.54, 1.807) is 0 Å². The van der Waals surface area contributed by atoms with E-state index in [2.05, 4.69) is 91.9 Å². The Morgan fingerprint density at radius 3 is 1.61 bits per heavy atom. The first-order chi connectivity index (χ1) is 16.2. The predicted octanol–water partition coefficient (Wildman–Crippen LogP) is 9.13. The molecule has 2 heterocycles. The summed E-state index contributed by atoms with van der Waals surface area (Å²) in [6.07, 6.45) is 0. The fraction of sp³-hybridized carbons (Fsp3) is 0.0323. The van der Waals surface area contributed by atoms with Crippen molar-refractivity contribution in [2.24, 2.45) is 0 Å². The Hall–Kier alpha value is -4.30. The van der Waals surface area contributed by atoms with Gasteiger partial charge in [0.05, 0.1) is 0 Å². The highest BCUT2D eigenvalue weighted by molar-refractivity contribution is 6.15. The van der Waals surface area contributed by atoms with Crippen LogP contribution in [-0.4, -0.2) is 0 Å². The van der Waals surface area contributed by atoms with Gasteiger partial charge in [-0.05, 0) is 59.5 Å². The lowest BCUT2D eigenvalue weighted by molar-refractivity contribution is 0.656. The first-order valence-corrected chi connectivity index (χ1v) is 11.2. The molecule has 0 N–H and O–H groups in total. The molecule has 156 valence electrons. The summed E-state index contributed by atoms with van der Waals surface area (Å²) >= 11 is 0. The molecule has 2 nitrogen and oxygen atoms in total. The number of hydrogen-bond acceptors (Lipinski definition) is 2. The maximum Gasteiger partial charge on any atom is 0.139 e. The molecule has 0 bridgehead atoms. The van der Waals surface area contributed by atoms with Gasteiger partial charge in [0.2, 0.25) is 0 Å². The first kappa shape index (κ1) is 18.3. The second kappa shape index (κ2) is 6.85. The van der Waals surface area contributed by atoms with Gasteiger partial charge in [-0.1, -0.05) is 72.3 Å². The lowest BCUT2D eigenvalue weighted by atomic mass is 9.99. The van der Waals surface area contributed by atoms with E-state index in [9.17, 15) is 0 Å². The third kappa shape index (κ3) is 2.88. The quantitative estimate of drug-likeness (QED) is 0.276. The van der Waals surface area contributed by atoms with Crippen molar-refractivity contribution >= 4 is 43.9 Å². The standard InChI is InChI=1S/C31H20O2/c1-19-7-13-28-24(15-19)26-17-27-25-16-23(12-14-29(25)33-31(27)18-30(26)32-28)22-10-8-21(9-11-22)20-5-3-2-4-6-20/h2-18H,1H3. The lowest BCUT2D eigenvalue weighted by Crippen LogP contribution is -1.80. The monoisotopic (exact) mass is 424 g/mol. The second-order valence-corrected chi connectivity index (χ2v) is 8.70. The van der Waals surface area contributed by atoms with Crippen molar-refractivity contribution in [1.82, 2.24) is 0 Å². The fourth-order valence-corrected chi connectivity index (χ4v) is 4.83. The Morgan fingerprint density at radius 1 is 0.394 bits per heavy atom. The number of furan rings is 2. The molecule has 7 rings (SSSR count). The van der Waals surface area contributed by atoms with Crippen LogP contribution < -0.4 is 0 Å². The summed E-state index contributed by atoms with van der Waals surface area (Å²) in [4.78, 5) is 0. The normalized spacial score (nSPS) is 11.8. The average Bonchev–Trinajstić information content (AvgIpc) is 3.39. The number of rotatable bonds is 2. The van der Waals surface area contributed by atoms with Gasteiger partial charge in [-0.15, -0.1) is 0 Å². The summed E-state index contributed by atoms with van der Waals surface area (Å²) in [6, 6.07) is 36.2. The molecule has 0 aliphatic heterocycles. The van der Waals surface area contributed by atoms with Crippen LogP contribution in [0.5, 0.6) is 0 Å². The van der Waals surface area contributed by atoms with Crippen molar-refractivity contribution in [1.29, 1.82) is 0 Å². The van der Waals surface area contributed by atoms with Crippen molar-refractivity contribution in [3.63, 3.8) is 0 Å². The SMILES string of the molecule is Cc1ccc2oc3cc4oc5ccc(-c6ccc(-c7ccccc7)cc6)cc5c4cc3c2c1. The van der Waals surface area contributed by atoms with Crippen LogP contribution in [0.1, 0.15) is 5.56 Å². The summed E-state index contributed by atoms with van der Waals surface area (Å²) in [5.41, 5.74) is 9.56. The van der Waals surface area contributed by atoms with Crippen molar-refractivity contribution < 1.29 is 8.83 Å². The Labute approximate surface area is 190 Å². The largest absolute Gasteiger partial charge is 0.456 e. The van der Waals surface area contributed by atoms with Gasteiger partial charge in [0.25, 0.3) is 0 Å². The minimum absolute atomic E-state index is 0.852. The Bertz CT molecular complexity index is 1800. The number of benzene rings is 5. The van der Waals surface area contributed by atoms with Crippen molar-refractivity contribution in [3.05, 3.63) is 109 Å². The van der Waals surface area contributed by atoms with Gasteiger partial charge < -0.3 is 8.83 Å². The molecule has 5 aromatic carbocycles. The third-order valence-electron chi connectivity index (χ3n) is 6.54. The van der Waals surface area contributed by atoms with Crippen molar-refractivity contribution in [2.75, 3.05) is 0 Å². The van der Waals surface area contributed by atoms with Crippen LogP contribution in [0.4, 0.5) is 0 Å². The number of fused-ring (bicyclic) bond motifs is 6. The zero-order chi connectivity index (χ0) is 21.9. The van der Waals surface area contributed by atoms with E-state index in [-0.39, 0.29) is 0 Å². The van der Waals surface area contributed by atoms with Crippen molar-refractivity contribution in [3.8, 4) is 22.3 Å². The highest BCUT2D eigenvalue weighted by atomic mass is 16.3. The van der Waals surface area contributed by atoms with Gasteiger partial charge in [0.1, 0.15) is 22.3 Å². The molecule has 0 fully saturated rings. The molecule has 33 heavy (non-hydrogen) atoms. The molecule has 2 aromatic heterocycles. The van der Waals surface area contributed by atoms with Gasteiger partial charge in [-0.3, -0.25) is 0 Å². The second-order valence-electron chi connectivity index (χ2n) is 8.70. The molecule has 0 aliphatic rings. The van der Waals surface area contributed by atoms with Gasteiger partial charge in [-0.2, -0.15) is 0 Å². The molecule has 0 spiro atoms. The first-order valence-electron chi connectivity index (χ1n) is 11.2. The lowest BCUT2D eigenvalue weighted by Gasteiger charge is -2.05. The van der Waals surface area contributed by atoms with Crippen molar-refractivity contribution in [2.45, 2.75) is 6.92 Å². The van der Waals surface area contributed by atoms with Gasteiger partial charge in [0.15, 0.2) is 0 Å². The maximum absolute atomic E-state index is 6.19. The Kier molecular flexibility index (Phi) is 3.80. The highest BCUT2D eigenvalue weighted by Crippen LogP contribution is 2.38. The molecule has 0 amide bonds. The van der Waals surface area contributed by atoms with E-state index in [1.807, 2.05) is 18.2 Å². The van der Waals surface area contributed by atoms with Crippen LogP contribution in [0.25, 0.3) is 66.1 Å². The zero-order valence-electron chi connectivity index (χ0n) is 18.1. The van der Waals surface area contributed by atoms with Crippen LogP contribution in [0, 0.1) is 6.92 Å².